The highest BCUT2D eigenvalue weighted by Crippen LogP contribution is 2.05. The highest BCUT2D eigenvalue weighted by atomic mass is 32.2. The van der Waals surface area contributed by atoms with E-state index in [0.717, 1.165) is 18.0 Å². The van der Waals surface area contributed by atoms with E-state index in [1.807, 2.05) is 0 Å². The van der Waals surface area contributed by atoms with Crippen LogP contribution in [0.4, 0.5) is 4.79 Å². The van der Waals surface area contributed by atoms with Gasteiger partial charge >= 0.3 is 0 Å². The van der Waals surface area contributed by atoms with Crippen LogP contribution >= 0.6 is 11.8 Å². The van der Waals surface area contributed by atoms with Crippen LogP contribution in [-0.2, 0) is 0 Å². The molecule has 0 atom stereocenters. The number of thioether (sulfide) groups is 1. The van der Waals surface area contributed by atoms with Gasteiger partial charge in [0, 0.05) is 19.5 Å². The summed E-state index contributed by atoms with van der Waals surface area (Å²) in [7, 11) is 3.31. The lowest BCUT2D eigenvalue weighted by Gasteiger charge is -2.05. The van der Waals surface area contributed by atoms with Crippen LogP contribution in [-0.4, -0.2) is 29.3 Å². The first-order valence-corrected chi connectivity index (χ1v) is 3.23. The number of aliphatic hydroxyl groups is 1. The average Bonchev–Trinajstić information content (AvgIpc) is 1.82. The van der Waals surface area contributed by atoms with E-state index in [-0.39, 0.29) is 5.24 Å². The molecule has 0 aliphatic carbocycles. The number of carbonyl (C=O) groups excluding carboxylic acids is 1. The summed E-state index contributed by atoms with van der Waals surface area (Å²) in [6, 6.07) is 0. The molecule has 52 valence electrons. The lowest BCUT2D eigenvalue weighted by Crippen LogP contribution is -2.15. The second kappa shape index (κ2) is 4.26. The molecule has 1 amide bonds. The quantitative estimate of drug-likeness (QED) is 0.570. The fraction of sp³-hybridized carbons (Fsp3) is 0.400. The number of hydrogen-bond acceptors (Lipinski definition) is 3. The maximum atomic E-state index is 10.6. The molecule has 0 aliphatic rings. The highest BCUT2D eigenvalue weighted by Gasteiger charge is 1.99. The largest absolute Gasteiger partial charge is 0.515 e. The van der Waals surface area contributed by atoms with Gasteiger partial charge in [0.05, 0.1) is 6.26 Å². The molecule has 0 bridgehead atoms. The van der Waals surface area contributed by atoms with Crippen molar-refractivity contribution < 1.29 is 9.90 Å². The molecular formula is C5H9NO2S. The Morgan fingerprint density at radius 3 is 2.56 bits per heavy atom. The van der Waals surface area contributed by atoms with Gasteiger partial charge in [-0.1, -0.05) is 0 Å². The molecule has 4 heteroatoms. The molecule has 0 saturated carbocycles. The number of carbonyl (C=O) groups is 1. The topological polar surface area (TPSA) is 40.5 Å². The van der Waals surface area contributed by atoms with Crippen LogP contribution in [0.5, 0.6) is 0 Å². The molecule has 0 fully saturated rings. The molecule has 9 heavy (non-hydrogen) atoms. The van der Waals surface area contributed by atoms with Crippen molar-refractivity contribution in [3.05, 3.63) is 11.7 Å². The summed E-state index contributed by atoms with van der Waals surface area (Å²) in [6.07, 6.45) is 0.839. The predicted octanol–water partition coefficient (Wildman–Crippen LogP) is 1.43. The van der Waals surface area contributed by atoms with Crippen molar-refractivity contribution in [2.45, 2.75) is 0 Å². The molecule has 0 aromatic heterocycles. The molecule has 0 rings (SSSR count). The fourth-order valence-corrected chi connectivity index (χ4v) is 0.582. The second-order valence-corrected chi connectivity index (χ2v) is 2.42. The zero-order valence-corrected chi connectivity index (χ0v) is 6.18. The van der Waals surface area contributed by atoms with Gasteiger partial charge in [0.2, 0.25) is 0 Å². The summed E-state index contributed by atoms with van der Waals surface area (Å²) in [5.41, 5.74) is 0. The van der Waals surface area contributed by atoms with Crippen LogP contribution in [0.3, 0.4) is 0 Å². The van der Waals surface area contributed by atoms with Crippen LogP contribution < -0.4 is 0 Å². The Hall–Kier alpha value is -0.640. The number of rotatable bonds is 1. The molecule has 0 radical (unpaired) electrons. The Morgan fingerprint density at radius 1 is 1.67 bits per heavy atom. The normalized spacial score (nSPS) is 10.0. The summed E-state index contributed by atoms with van der Waals surface area (Å²) in [6.45, 7) is 0. The summed E-state index contributed by atoms with van der Waals surface area (Å²) < 4.78 is 0. The van der Waals surface area contributed by atoms with E-state index in [4.69, 9.17) is 5.11 Å². The van der Waals surface area contributed by atoms with Crippen LogP contribution in [0.2, 0.25) is 0 Å². The van der Waals surface area contributed by atoms with Gasteiger partial charge in [-0.05, 0) is 11.8 Å². The van der Waals surface area contributed by atoms with Crippen LogP contribution in [0.1, 0.15) is 0 Å². The van der Waals surface area contributed by atoms with Crippen LogP contribution in [0.15, 0.2) is 11.7 Å². The minimum Gasteiger partial charge on any atom is -0.515 e. The molecule has 0 aromatic rings. The maximum absolute atomic E-state index is 10.6. The summed E-state index contributed by atoms with van der Waals surface area (Å²) in [4.78, 5) is 12.1. The minimum atomic E-state index is -0.0969. The third kappa shape index (κ3) is 3.90. The summed E-state index contributed by atoms with van der Waals surface area (Å²) >= 11 is 0.941. The smallest absolute Gasteiger partial charge is 0.285 e. The lowest BCUT2D eigenvalue weighted by atomic mass is 11.0. The van der Waals surface area contributed by atoms with E-state index < -0.39 is 0 Å². The van der Waals surface area contributed by atoms with Gasteiger partial charge in [0.15, 0.2) is 0 Å². The van der Waals surface area contributed by atoms with Crippen molar-refractivity contribution in [3.8, 4) is 0 Å². The molecule has 0 heterocycles. The Morgan fingerprint density at radius 2 is 2.22 bits per heavy atom. The van der Waals surface area contributed by atoms with Crippen molar-refractivity contribution in [1.29, 1.82) is 0 Å². The zero-order valence-electron chi connectivity index (χ0n) is 5.37. The van der Waals surface area contributed by atoms with Crippen molar-refractivity contribution in [2.75, 3.05) is 14.1 Å². The van der Waals surface area contributed by atoms with E-state index in [2.05, 4.69) is 0 Å². The van der Waals surface area contributed by atoms with E-state index >= 15 is 0 Å². The average molecular weight is 147 g/mol. The molecule has 0 saturated heterocycles. The fourth-order valence-electron chi connectivity index (χ4n) is 0.194. The van der Waals surface area contributed by atoms with Gasteiger partial charge in [-0.15, -0.1) is 0 Å². The summed E-state index contributed by atoms with van der Waals surface area (Å²) in [5, 5.41) is 9.35. The minimum absolute atomic E-state index is 0.0969. The van der Waals surface area contributed by atoms with E-state index in [0.29, 0.717) is 0 Å². The van der Waals surface area contributed by atoms with Crippen molar-refractivity contribution in [2.24, 2.45) is 0 Å². The highest BCUT2D eigenvalue weighted by molar-refractivity contribution is 8.16. The number of nitrogens with zero attached hydrogens (tertiary/aromatic N) is 1. The second-order valence-electron chi connectivity index (χ2n) is 1.56. The summed E-state index contributed by atoms with van der Waals surface area (Å²) in [5.74, 6) is 0. The van der Waals surface area contributed by atoms with E-state index in [1.54, 1.807) is 14.1 Å². The monoisotopic (exact) mass is 147 g/mol. The first-order valence-electron chi connectivity index (χ1n) is 2.35. The first kappa shape index (κ1) is 8.36. The number of amides is 1. The van der Waals surface area contributed by atoms with Gasteiger partial charge in [-0.25, -0.2) is 0 Å². The maximum Gasteiger partial charge on any atom is 0.285 e. The van der Waals surface area contributed by atoms with Gasteiger partial charge in [0.25, 0.3) is 5.24 Å². The molecule has 3 nitrogen and oxygen atoms in total. The molecule has 0 aromatic carbocycles. The standard InChI is InChI=1S/C5H9NO2S/c1-6(2)5(8)9-4-3-7/h3-4,7H,1-2H3. The SMILES string of the molecule is CN(C)C(=O)SC=CO. The first-order chi connectivity index (χ1) is 4.18. The zero-order chi connectivity index (χ0) is 7.28. The molecule has 0 aliphatic heterocycles. The van der Waals surface area contributed by atoms with E-state index in [9.17, 15) is 4.79 Å². The molecule has 0 unspecified atom stereocenters. The Labute approximate surface area is 58.3 Å². The van der Waals surface area contributed by atoms with Gasteiger partial charge in [0.1, 0.15) is 0 Å². The Kier molecular flexibility index (Phi) is 3.96. The third-order valence-corrected chi connectivity index (χ3v) is 1.42. The van der Waals surface area contributed by atoms with Crippen molar-refractivity contribution >= 4 is 17.0 Å². The van der Waals surface area contributed by atoms with Crippen molar-refractivity contribution in [3.63, 3.8) is 0 Å². The van der Waals surface area contributed by atoms with Gasteiger partial charge in [-0.3, -0.25) is 4.79 Å². The number of hydrogen-bond donors (Lipinski definition) is 1. The van der Waals surface area contributed by atoms with Gasteiger partial charge in [-0.2, -0.15) is 0 Å². The molecule has 1 N–H and O–H groups in total. The van der Waals surface area contributed by atoms with Crippen LogP contribution in [0, 0.1) is 0 Å². The van der Waals surface area contributed by atoms with Crippen molar-refractivity contribution in [1.82, 2.24) is 4.90 Å². The molecule has 0 spiro atoms. The number of aliphatic hydroxyl groups excluding tert-OH is 1. The lowest BCUT2D eigenvalue weighted by molar-refractivity contribution is 0.241. The third-order valence-electron chi connectivity index (χ3n) is 0.595. The Balaban J connectivity index is 3.51. The van der Waals surface area contributed by atoms with Crippen LogP contribution in [0.25, 0.3) is 0 Å². The van der Waals surface area contributed by atoms with E-state index in [1.165, 1.54) is 10.3 Å². The van der Waals surface area contributed by atoms with Gasteiger partial charge < -0.3 is 10.0 Å². The predicted molar refractivity (Wildman–Crippen MR) is 38.4 cm³/mol. The molecular weight excluding hydrogens is 138 g/mol. The Bertz CT molecular complexity index is 122.